The lowest BCUT2D eigenvalue weighted by Crippen LogP contribution is -2.20. The van der Waals surface area contributed by atoms with Crippen LogP contribution >= 0.6 is 12.2 Å². The standard InChI is InChI=1S/C11H10N2OS/c14-10-8-3-1-2-4-9(8)12-11(15)13(10)7-5-6-7/h1-4,7H,5-6H2,(H,12,15). The Balaban J connectivity index is 2.47. The molecule has 0 aliphatic heterocycles. The van der Waals surface area contributed by atoms with Crippen molar-refractivity contribution in [2.45, 2.75) is 18.9 Å². The Morgan fingerprint density at radius 2 is 2.07 bits per heavy atom. The van der Waals surface area contributed by atoms with Gasteiger partial charge in [0.05, 0.1) is 10.9 Å². The first-order valence-corrected chi connectivity index (χ1v) is 5.42. The maximum atomic E-state index is 12.1. The van der Waals surface area contributed by atoms with E-state index in [1.807, 2.05) is 24.3 Å². The highest BCUT2D eigenvalue weighted by Gasteiger charge is 2.26. The summed E-state index contributed by atoms with van der Waals surface area (Å²) in [7, 11) is 0. The fraction of sp³-hybridized carbons (Fsp3) is 0.273. The Hall–Kier alpha value is -1.42. The summed E-state index contributed by atoms with van der Waals surface area (Å²) >= 11 is 5.19. The fourth-order valence-corrected chi connectivity index (χ4v) is 2.18. The van der Waals surface area contributed by atoms with Crippen LogP contribution in [0.4, 0.5) is 0 Å². The summed E-state index contributed by atoms with van der Waals surface area (Å²) in [6.07, 6.45) is 2.13. The molecule has 1 aliphatic carbocycles. The van der Waals surface area contributed by atoms with Gasteiger partial charge in [0, 0.05) is 6.04 Å². The molecule has 1 aromatic carbocycles. The van der Waals surface area contributed by atoms with E-state index in [1.165, 1.54) is 0 Å². The van der Waals surface area contributed by atoms with Crippen molar-refractivity contribution in [2.24, 2.45) is 0 Å². The number of hydrogen-bond acceptors (Lipinski definition) is 2. The van der Waals surface area contributed by atoms with Crippen LogP contribution in [0.25, 0.3) is 10.9 Å². The molecule has 0 saturated heterocycles. The number of hydrogen-bond donors (Lipinski definition) is 1. The van der Waals surface area contributed by atoms with Crippen LogP contribution in [0.15, 0.2) is 29.1 Å². The molecule has 3 rings (SSSR count). The van der Waals surface area contributed by atoms with Crippen molar-refractivity contribution in [3.63, 3.8) is 0 Å². The summed E-state index contributed by atoms with van der Waals surface area (Å²) in [5, 5.41) is 0.720. The van der Waals surface area contributed by atoms with Gasteiger partial charge in [0.2, 0.25) is 0 Å². The van der Waals surface area contributed by atoms with Crippen molar-refractivity contribution >= 4 is 23.1 Å². The molecular weight excluding hydrogens is 208 g/mol. The molecule has 0 radical (unpaired) electrons. The van der Waals surface area contributed by atoms with Gasteiger partial charge in [-0.15, -0.1) is 0 Å². The van der Waals surface area contributed by atoms with E-state index in [9.17, 15) is 4.79 Å². The van der Waals surface area contributed by atoms with E-state index in [4.69, 9.17) is 12.2 Å². The molecular formula is C11H10N2OS. The summed E-state index contributed by atoms with van der Waals surface area (Å²) in [6, 6.07) is 7.81. The molecule has 0 spiro atoms. The lowest BCUT2D eigenvalue weighted by molar-refractivity contribution is 0.686. The molecule has 0 unspecified atom stereocenters. The van der Waals surface area contributed by atoms with Crippen LogP contribution in [0.5, 0.6) is 0 Å². The van der Waals surface area contributed by atoms with Crippen LogP contribution in [0.3, 0.4) is 0 Å². The normalized spacial score (nSPS) is 15.7. The van der Waals surface area contributed by atoms with Gasteiger partial charge in [-0.2, -0.15) is 0 Å². The molecule has 1 N–H and O–H groups in total. The van der Waals surface area contributed by atoms with E-state index in [0.29, 0.717) is 10.8 Å². The molecule has 76 valence electrons. The number of fused-ring (bicyclic) bond motifs is 1. The topological polar surface area (TPSA) is 37.8 Å². The van der Waals surface area contributed by atoms with Crippen LogP contribution < -0.4 is 5.56 Å². The van der Waals surface area contributed by atoms with E-state index in [1.54, 1.807) is 4.57 Å². The number of aromatic amines is 1. The highest BCUT2D eigenvalue weighted by molar-refractivity contribution is 7.71. The van der Waals surface area contributed by atoms with E-state index in [-0.39, 0.29) is 5.56 Å². The molecule has 1 saturated carbocycles. The molecule has 1 aromatic heterocycles. The van der Waals surface area contributed by atoms with Gasteiger partial charge < -0.3 is 4.98 Å². The lowest BCUT2D eigenvalue weighted by atomic mass is 10.2. The monoisotopic (exact) mass is 218 g/mol. The molecule has 2 aromatic rings. The fourth-order valence-electron chi connectivity index (χ4n) is 1.84. The first-order chi connectivity index (χ1) is 7.27. The molecule has 1 aliphatic rings. The first-order valence-electron chi connectivity index (χ1n) is 5.01. The van der Waals surface area contributed by atoms with Gasteiger partial charge in [-0.1, -0.05) is 12.1 Å². The summed E-state index contributed by atoms with van der Waals surface area (Å²) in [5.41, 5.74) is 0.862. The highest BCUT2D eigenvalue weighted by atomic mass is 32.1. The number of nitrogens with zero attached hydrogens (tertiary/aromatic N) is 1. The first kappa shape index (κ1) is 8.85. The average Bonchev–Trinajstić information content (AvgIpc) is 3.02. The minimum absolute atomic E-state index is 0.0388. The second-order valence-electron chi connectivity index (χ2n) is 3.88. The Morgan fingerprint density at radius 1 is 1.33 bits per heavy atom. The number of rotatable bonds is 1. The van der Waals surface area contributed by atoms with Crippen molar-refractivity contribution in [3.8, 4) is 0 Å². The van der Waals surface area contributed by atoms with Gasteiger partial charge in [0.1, 0.15) is 0 Å². The Kier molecular flexibility index (Phi) is 1.79. The SMILES string of the molecule is O=c1c2ccccc2[nH]c(=S)n1C1CC1. The smallest absolute Gasteiger partial charge is 0.262 e. The average molecular weight is 218 g/mol. The predicted molar refractivity (Wildman–Crippen MR) is 61.7 cm³/mol. The quantitative estimate of drug-likeness (QED) is 0.746. The number of H-pyrrole nitrogens is 1. The Morgan fingerprint density at radius 3 is 2.80 bits per heavy atom. The van der Waals surface area contributed by atoms with Gasteiger partial charge in [-0.25, -0.2) is 0 Å². The minimum Gasteiger partial charge on any atom is -0.332 e. The zero-order valence-electron chi connectivity index (χ0n) is 8.06. The third-order valence-corrected chi connectivity index (χ3v) is 3.05. The molecule has 0 atom stereocenters. The number of aromatic nitrogens is 2. The molecule has 0 bridgehead atoms. The summed E-state index contributed by atoms with van der Waals surface area (Å²) < 4.78 is 2.25. The van der Waals surface area contributed by atoms with E-state index < -0.39 is 0 Å². The summed E-state index contributed by atoms with van der Waals surface area (Å²) in [4.78, 5) is 15.2. The van der Waals surface area contributed by atoms with Crippen molar-refractivity contribution in [3.05, 3.63) is 39.4 Å². The third kappa shape index (κ3) is 1.33. The van der Waals surface area contributed by atoms with Crippen LogP contribution in [0.1, 0.15) is 18.9 Å². The van der Waals surface area contributed by atoms with E-state index >= 15 is 0 Å². The van der Waals surface area contributed by atoms with Crippen LogP contribution in [-0.4, -0.2) is 9.55 Å². The van der Waals surface area contributed by atoms with Crippen LogP contribution in [0.2, 0.25) is 0 Å². The zero-order chi connectivity index (χ0) is 10.4. The number of para-hydroxylation sites is 1. The Labute approximate surface area is 91.4 Å². The second-order valence-corrected chi connectivity index (χ2v) is 4.27. The zero-order valence-corrected chi connectivity index (χ0v) is 8.88. The molecule has 0 amide bonds. The van der Waals surface area contributed by atoms with Crippen molar-refractivity contribution in [1.82, 2.24) is 9.55 Å². The molecule has 4 heteroatoms. The van der Waals surface area contributed by atoms with Gasteiger partial charge >= 0.3 is 0 Å². The van der Waals surface area contributed by atoms with Crippen molar-refractivity contribution in [2.75, 3.05) is 0 Å². The van der Waals surface area contributed by atoms with E-state index in [0.717, 1.165) is 23.7 Å². The van der Waals surface area contributed by atoms with Gasteiger partial charge in [-0.05, 0) is 37.2 Å². The van der Waals surface area contributed by atoms with E-state index in [2.05, 4.69) is 4.98 Å². The predicted octanol–water partition coefficient (Wildman–Crippen LogP) is 2.39. The van der Waals surface area contributed by atoms with Gasteiger partial charge in [0.25, 0.3) is 5.56 Å². The minimum atomic E-state index is 0.0388. The number of benzene rings is 1. The van der Waals surface area contributed by atoms with Crippen molar-refractivity contribution in [1.29, 1.82) is 0 Å². The maximum Gasteiger partial charge on any atom is 0.262 e. The Bertz CT molecular complexity index is 637. The van der Waals surface area contributed by atoms with Crippen LogP contribution in [0, 0.1) is 4.77 Å². The lowest BCUT2D eigenvalue weighted by Gasteiger charge is -2.05. The van der Waals surface area contributed by atoms with Gasteiger partial charge in [0.15, 0.2) is 4.77 Å². The number of nitrogens with one attached hydrogen (secondary N) is 1. The largest absolute Gasteiger partial charge is 0.332 e. The maximum absolute atomic E-state index is 12.1. The van der Waals surface area contributed by atoms with Gasteiger partial charge in [-0.3, -0.25) is 9.36 Å². The molecule has 15 heavy (non-hydrogen) atoms. The molecule has 1 fully saturated rings. The highest BCUT2D eigenvalue weighted by Crippen LogP contribution is 2.33. The summed E-state index contributed by atoms with van der Waals surface area (Å²) in [5.74, 6) is 0. The third-order valence-electron chi connectivity index (χ3n) is 2.75. The van der Waals surface area contributed by atoms with Crippen molar-refractivity contribution < 1.29 is 0 Å². The summed E-state index contributed by atoms with van der Waals surface area (Å²) in [6.45, 7) is 0. The van der Waals surface area contributed by atoms with Crippen LogP contribution in [-0.2, 0) is 0 Å². The second kappa shape index (κ2) is 3.03. The molecule has 1 heterocycles. The molecule has 3 nitrogen and oxygen atoms in total.